The fraction of sp³-hybridized carbons (Fsp3) is 0.647. The van der Waals surface area contributed by atoms with Crippen LogP contribution in [0.5, 0.6) is 0 Å². The molecule has 0 aromatic carbocycles. The van der Waals surface area contributed by atoms with E-state index in [-0.39, 0.29) is 5.91 Å². The van der Waals surface area contributed by atoms with Gasteiger partial charge in [0, 0.05) is 31.0 Å². The highest BCUT2D eigenvalue weighted by Gasteiger charge is 2.28. The molecule has 1 saturated heterocycles. The van der Waals surface area contributed by atoms with E-state index in [4.69, 9.17) is 0 Å². The van der Waals surface area contributed by atoms with Gasteiger partial charge < -0.3 is 10.2 Å². The van der Waals surface area contributed by atoms with Crippen LogP contribution in [0.2, 0.25) is 0 Å². The Morgan fingerprint density at radius 2 is 2.24 bits per heavy atom. The van der Waals surface area contributed by atoms with Crippen LogP contribution in [-0.2, 0) is 0 Å². The average Bonchev–Trinajstić information content (AvgIpc) is 2.44. The van der Waals surface area contributed by atoms with Gasteiger partial charge >= 0.3 is 0 Å². The van der Waals surface area contributed by atoms with Crippen molar-refractivity contribution in [3.05, 3.63) is 23.5 Å². The second kappa shape index (κ2) is 6.92. The lowest BCUT2D eigenvalue weighted by atomic mass is 9.93. The molecule has 1 aliphatic rings. The highest BCUT2D eigenvalue weighted by Crippen LogP contribution is 2.26. The highest BCUT2D eigenvalue weighted by molar-refractivity contribution is 5.99. The summed E-state index contributed by atoms with van der Waals surface area (Å²) < 4.78 is 0. The molecule has 2 atom stereocenters. The molecule has 0 aliphatic carbocycles. The number of rotatable bonds is 4. The number of aromatic nitrogens is 1. The first-order chi connectivity index (χ1) is 10.0. The van der Waals surface area contributed by atoms with Crippen LogP contribution in [0.4, 0.5) is 5.69 Å². The van der Waals surface area contributed by atoms with Crippen LogP contribution in [0.1, 0.15) is 56.1 Å². The number of pyridine rings is 1. The summed E-state index contributed by atoms with van der Waals surface area (Å²) in [4.78, 5) is 19.2. The molecule has 1 aromatic rings. The number of nitrogens with one attached hydrogen (secondary N) is 1. The lowest BCUT2D eigenvalue weighted by molar-refractivity contribution is 0.0589. The summed E-state index contributed by atoms with van der Waals surface area (Å²) in [7, 11) is 0. The fourth-order valence-electron chi connectivity index (χ4n) is 3.00. The monoisotopic (exact) mass is 289 g/mol. The molecule has 2 unspecified atom stereocenters. The predicted molar refractivity (Wildman–Crippen MR) is 86.7 cm³/mol. The van der Waals surface area contributed by atoms with Crippen LogP contribution in [0.15, 0.2) is 12.3 Å². The molecule has 0 spiro atoms. The third-order valence-electron chi connectivity index (χ3n) is 4.24. The maximum Gasteiger partial charge on any atom is 0.257 e. The highest BCUT2D eigenvalue weighted by atomic mass is 16.2. The summed E-state index contributed by atoms with van der Waals surface area (Å²) in [6, 6.07) is 2.28. The molecule has 21 heavy (non-hydrogen) atoms. The number of piperidine rings is 1. The molecule has 1 aliphatic heterocycles. The van der Waals surface area contributed by atoms with Crippen molar-refractivity contribution in [2.75, 3.05) is 18.4 Å². The van der Waals surface area contributed by atoms with Gasteiger partial charge in [0.15, 0.2) is 0 Å². The molecular formula is C17H27N3O. The van der Waals surface area contributed by atoms with Crippen LogP contribution >= 0.6 is 0 Å². The van der Waals surface area contributed by atoms with E-state index in [1.807, 2.05) is 17.9 Å². The lowest BCUT2D eigenvalue weighted by Gasteiger charge is -2.36. The molecule has 116 valence electrons. The van der Waals surface area contributed by atoms with Crippen LogP contribution in [-0.4, -0.2) is 34.9 Å². The minimum atomic E-state index is 0.112. The molecular weight excluding hydrogens is 262 g/mol. The van der Waals surface area contributed by atoms with Crippen molar-refractivity contribution >= 4 is 11.6 Å². The van der Waals surface area contributed by atoms with Gasteiger partial charge in [0.1, 0.15) is 0 Å². The first kappa shape index (κ1) is 15.8. The topological polar surface area (TPSA) is 45.2 Å². The van der Waals surface area contributed by atoms with E-state index in [0.717, 1.165) is 43.7 Å². The largest absolute Gasteiger partial charge is 0.384 e. The van der Waals surface area contributed by atoms with Gasteiger partial charge in [-0.25, -0.2) is 0 Å². The normalized spacial score (nSPS) is 22.2. The number of anilines is 1. The van der Waals surface area contributed by atoms with Crippen molar-refractivity contribution in [3.63, 3.8) is 0 Å². The molecule has 0 bridgehead atoms. The first-order valence-corrected chi connectivity index (χ1v) is 8.04. The van der Waals surface area contributed by atoms with Crippen molar-refractivity contribution in [2.24, 2.45) is 5.92 Å². The Morgan fingerprint density at radius 3 is 2.90 bits per heavy atom. The molecule has 4 heteroatoms. The predicted octanol–water partition coefficient (Wildman–Crippen LogP) is 3.47. The van der Waals surface area contributed by atoms with Crippen molar-refractivity contribution in [2.45, 2.75) is 53.0 Å². The summed E-state index contributed by atoms with van der Waals surface area (Å²) >= 11 is 0. The lowest BCUT2D eigenvalue weighted by Crippen LogP contribution is -2.44. The molecule has 4 nitrogen and oxygen atoms in total. The van der Waals surface area contributed by atoms with Crippen molar-refractivity contribution in [1.82, 2.24) is 9.88 Å². The summed E-state index contributed by atoms with van der Waals surface area (Å²) in [5.74, 6) is 0.818. The van der Waals surface area contributed by atoms with Gasteiger partial charge in [-0.2, -0.15) is 0 Å². The van der Waals surface area contributed by atoms with Crippen molar-refractivity contribution < 1.29 is 4.79 Å². The molecule has 0 radical (unpaired) electrons. The van der Waals surface area contributed by atoms with Gasteiger partial charge in [0.2, 0.25) is 0 Å². The Balaban J connectivity index is 2.21. The minimum absolute atomic E-state index is 0.112. The molecule has 1 N–H and O–H groups in total. The van der Waals surface area contributed by atoms with Crippen molar-refractivity contribution in [3.8, 4) is 0 Å². The summed E-state index contributed by atoms with van der Waals surface area (Å²) in [6.07, 6.45) is 4.93. The smallest absolute Gasteiger partial charge is 0.257 e. The number of likely N-dealkylation sites (tertiary alicyclic amines) is 1. The zero-order chi connectivity index (χ0) is 15.4. The van der Waals surface area contributed by atoms with Gasteiger partial charge in [-0.3, -0.25) is 9.78 Å². The van der Waals surface area contributed by atoms with Gasteiger partial charge in [-0.1, -0.05) is 13.8 Å². The van der Waals surface area contributed by atoms with Crippen LogP contribution in [0.25, 0.3) is 0 Å². The fourth-order valence-corrected chi connectivity index (χ4v) is 3.00. The molecule has 1 fully saturated rings. The number of hydrogen-bond donors (Lipinski definition) is 1. The molecule has 2 rings (SSSR count). The third-order valence-corrected chi connectivity index (χ3v) is 4.24. The van der Waals surface area contributed by atoms with Gasteiger partial charge in [0.25, 0.3) is 5.91 Å². The van der Waals surface area contributed by atoms with E-state index in [2.05, 4.69) is 31.1 Å². The third kappa shape index (κ3) is 3.74. The molecule has 1 aromatic heterocycles. The Hall–Kier alpha value is -1.58. The van der Waals surface area contributed by atoms with E-state index in [0.29, 0.717) is 17.5 Å². The number of carbonyl (C=O) groups is 1. The second-order valence-corrected chi connectivity index (χ2v) is 6.28. The van der Waals surface area contributed by atoms with Gasteiger partial charge in [-0.15, -0.1) is 0 Å². The first-order valence-electron chi connectivity index (χ1n) is 8.04. The Morgan fingerprint density at radius 1 is 1.48 bits per heavy atom. The van der Waals surface area contributed by atoms with Gasteiger partial charge in [0.05, 0.1) is 11.3 Å². The Labute approximate surface area is 127 Å². The zero-order valence-corrected chi connectivity index (χ0v) is 13.6. The summed E-state index contributed by atoms with van der Waals surface area (Å²) in [6.45, 7) is 10.2. The molecule has 2 heterocycles. The number of aryl methyl sites for hydroxylation is 1. The molecule has 1 amide bonds. The van der Waals surface area contributed by atoms with Gasteiger partial charge in [-0.05, 0) is 45.1 Å². The second-order valence-electron chi connectivity index (χ2n) is 6.28. The minimum Gasteiger partial charge on any atom is -0.384 e. The quantitative estimate of drug-likeness (QED) is 0.923. The standard InChI is InChI=1S/C17H27N3O/c1-5-7-18-16-10-13(3)19-11-15(16)17(21)20-8-6-12(2)9-14(20)4/h10-12,14H,5-9H2,1-4H3,(H,18,19). The number of nitrogens with zero attached hydrogens (tertiary/aromatic N) is 2. The number of carbonyl (C=O) groups excluding carboxylic acids is 1. The summed E-state index contributed by atoms with van der Waals surface area (Å²) in [5, 5.41) is 3.36. The van der Waals surface area contributed by atoms with Crippen LogP contribution in [0.3, 0.4) is 0 Å². The maximum absolute atomic E-state index is 12.9. The maximum atomic E-state index is 12.9. The Kier molecular flexibility index (Phi) is 5.21. The SMILES string of the molecule is CCCNc1cc(C)ncc1C(=O)N1CCC(C)CC1C. The molecule has 0 saturated carbocycles. The Bertz CT molecular complexity index is 501. The van der Waals surface area contributed by atoms with E-state index in [1.165, 1.54) is 0 Å². The number of hydrogen-bond acceptors (Lipinski definition) is 3. The van der Waals surface area contributed by atoms with E-state index >= 15 is 0 Å². The van der Waals surface area contributed by atoms with Crippen molar-refractivity contribution in [1.29, 1.82) is 0 Å². The van der Waals surface area contributed by atoms with Crippen LogP contribution < -0.4 is 5.32 Å². The zero-order valence-electron chi connectivity index (χ0n) is 13.6. The number of amides is 1. The van der Waals surface area contributed by atoms with Crippen LogP contribution in [0, 0.1) is 12.8 Å². The van der Waals surface area contributed by atoms with E-state index < -0.39 is 0 Å². The summed E-state index contributed by atoms with van der Waals surface area (Å²) in [5.41, 5.74) is 2.56. The van der Waals surface area contributed by atoms with E-state index in [1.54, 1.807) is 6.20 Å². The van der Waals surface area contributed by atoms with E-state index in [9.17, 15) is 4.79 Å². The average molecular weight is 289 g/mol.